The molecular weight excluding hydrogens is 1500 g/mol. The minimum absolute atomic E-state index is 0.0258. The molecule has 4 aromatic heterocycles. The Morgan fingerprint density at radius 2 is 0.619 bits per heavy atom. The molecule has 0 aliphatic carbocycles. The van der Waals surface area contributed by atoms with Crippen molar-refractivity contribution in [3.05, 3.63) is 356 Å². The number of aromatic nitrogens is 2. The molecule has 542 valence electrons. The van der Waals surface area contributed by atoms with Crippen LogP contribution in [0, 0.1) is 0 Å². The van der Waals surface area contributed by atoms with Crippen molar-refractivity contribution >= 4 is 147 Å². The zero-order valence-electron chi connectivity index (χ0n) is 83.5. The molecule has 0 bridgehead atoms. The van der Waals surface area contributed by atoms with E-state index in [4.69, 9.17) is 0 Å². The fourth-order valence-electron chi connectivity index (χ4n) is 16.6. The third-order valence-corrected chi connectivity index (χ3v) is 26.9. The van der Waals surface area contributed by atoms with Crippen LogP contribution < -0.4 is 26.2 Å². The van der Waals surface area contributed by atoms with Crippen molar-refractivity contribution in [2.75, 3.05) is 9.80 Å². The van der Waals surface area contributed by atoms with Gasteiger partial charge in [0.15, 0.2) is 0 Å². The molecule has 0 fully saturated rings. The van der Waals surface area contributed by atoms with Crippen LogP contribution in [0.5, 0.6) is 0 Å². The third-order valence-electron chi connectivity index (χ3n) is 22.3. The molecule has 0 saturated carbocycles. The Hall–Kier alpha value is -11.9. The monoisotopic (exact) mass is 1600 g/mol. The molecule has 21 rings (SSSR count). The number of hydrogen-bond donors (Lipinski definition) is 0. The summed E-state index contributed by atoms with van der Waals surface area (Å²) in [5, 5.41) is 0.305. The Kier molecular flexibility index (Phi) is 11.9. The van der Waals surface area contributed by atoms with E-state index < -0.39 is 137 Å². The van der Waals surface area contributed by atoms with Crippen LogP contribution in [-0.4, -0.2) is 44.9 Å². The van der Waals surface area contributed by atoms with Gasteiger partial charge in [-0.15, -0.1) is 0 Å². The van der Waals surface area contributed by atoms with Crippen LogP contribution in [0.25, 0.3) is 139 Å². The van der Waals surface area contributed by atoms with Crippen LogP contribution in [-0.2, 0) is 16.2 Å². The van der Waals surface area contributed by atoms with Crippen molar-refractivity contribution in [1.82, 2.24) is 9.13 Å². The molecule has 0 spiro atoms. The summed E-state index contributed by atoms with van der Waals surface area (Å²) < 4.78 is 213. The molecule has 4 nitrogen and oxygen atoms in total. The Balaban J connectivity index is 1.01. The summed E-state index contributed by atoms with van der Waals surface area (Å²) >= 11 is -2.32. The molecule has 0 saturated heterocycles. The number of fused-ring (bicyclic) bond motifs is 14. The first-order chi connectivity index (χ1) is 63.3. The van der Waals surface area contributed by atoms with E-state index >= 15 is 0 Å². The van der Waals surface area contributed by atoms with Crippen LogP contribution in [0.4, 0.5) is 34.1 Å². The van der Waals surface area contributed by atoms with Crippen LogP contribution in [0.15, 0.2) is 339 Å². The second-order valence-electron chi connectivity index (χ2n) is 32.4. The fourth-order valence-corrected chi connectivity index (χ4v) is 21.6. The van der Waals surface area contributed by atoms with Gasteiger partial charge < -0.3 is 0 Å². The quantitative estimate of drug-likeness (QED) is 0.127. The van der Waals surface area contributed by atoms with Gasteiger partial charge in [0.05, 0.1) is 0 Å². The Labute approximate surface area is 701 Å². The van der Waals surface area contributed by atoms with E-state index in [0.29, 0.717) is 75.7 Å². The zero-order valence-corrected chi connectivity index (χ0v) is 66.9. The molecule has 7 heteroatoms. The molecule has 0 atom stereocenters. The molecule has 0 N–H and O–H groups in total. The Bertz CT molecular complexity index is 7710. The molecule has 6 heterocycles. The number of nitrogens with zero attached hydrogens (tertiary/aromatic N) is 4. The Morgan fingerprint density at radius 1 is 0.301 bits per heavy atom. The summed E-state index contributed by atoms with van der Waals surface area (Å²) in [6, 6.07) is 60.9. The standard InChI is InChI=1S/C106H83BN4Se2/c1-104(2,3)74-58-83(68-36-20-12-21-37-68)100(84(59-74)69-38-22-13-23-39-69)110-91-64-77(108-89-46-30-28-44-79(89)97-81-52-48-72(56-95(81)112-102(97)108)66-32-16-10-17-33-66)50-54-87(91)107-88-55-51-78(109-90-47-31-29-45-80(90)98-82-53-49-73(57-96(82)113-103(98)109)67-34-18-11-19-35-67)65-92(88)111(94-63-76(106(7,8)9)62-93(110)99(94)107)101-85(70-40-24-14-25-41-70)60-75(105(4,5)6)61-86(101)71-42-26-15-27-43-71/h10-65H,1-9H3/i28D,29D,30D,31D,44D,45D,46D,47D,48D,49D,50D,51D,52D,53D,54D,55D,56D,57D,64D,65D. The van der Waals surface area contributed by atoms with E-state index in [2.05, 4.69) is 98.7 Å². The number of hydrogen-bond acceptors (Lipinski definition) is 2. The van der Waals surface area contributed by atoms with Crippen LogP contribution in [0.1, 0.15) is 106 Å². The van der Waals surface area contributed by atoms with Gasteiger partial charge in [-0.2, -0.15) is 0 Å². The molecule has 0 amide bonds. The molecule has 19 aromatic rings. The van der Waals surface area contributed by atoms with E-state index in [0.717, 1.165) is 33.4 Å². The van der Waals surface area contributed by atoms with E-state index in [1.54, 1.807) is 48.5 Å². The van der Waals surface area contributed by atoms with Gasteiger partial charge in [0, 0.05) is 0 Å². The Morgan fingerprint density at radius 3 is 0.956 bits per heavy atom. The van der Waals surface area contributed by atoms with Crippen molar-refractivity contribution in [1.29, 1.82) is 0 Å². The second-order valence-corrected chi connectivity index (χ2v) is 36.6. The number of rotatable bonds is 10. The molecule has 0 radical (unpaired) electrons. The fraction of sp³-hybridized carbons (Fsp3) is 0.113. The van der Waals surface area contributed by atoms with E-state index in [9.17, 15) is 27.4 Å². The predicted molar refractivity (Wildman–Crippen MR) is 487 cm³/mol. The average molecular weight is 1600 g/mol. The van der Waals surface area contributed by atoms with Gasteiger partial charge in [-0.05, 0) is 0 Å². The molecular formula is C106H83BN4Se2. The first kappa shape index (κ1) is 50.9. The van der Waals surface area contributed by atoms with Crippen molar-refractivity contribution in [2.45, 2.75) is 78.6 Å². The molecule has 113 heavy (non-hydrogen) atoms. The van der Waals surface area contributed by atoms with Gasteiger partial charge in [0.25, 0.3) is 0 Å². The third kappa shape index (κ3) is 11.3. The van der Waals surface area contributed by atoms with Gasteiger partial charge in [-0.1, -0.05) is 0 Å². The zero-order chi connectivity index (χ0) is 93.7. The van der Waals surface area contributed by atoms with Gasteiger partial charge in [-0.25, -0.2) is 0 Å². The topological polar surface area (TPSA) is 16.3 Å². The maximum absolute atomic E-state index is 12.1. The maximum atomic E-state index is 12.1. The molecule has 0 unspecified atom stereocenters. The van der Waals surface area contributed by atoms with Gasteiger partial charge in [0.2, 0.25) is 0 Å². The summed E-state index contributed by atoms with van der Waals surface area (Å²) in [4.78, 5) is 4.03. The average Bonchev–Trinajstić information content (AvgIpc) is 1.33. The molecule has 2 aliphatic heterocycles. The van der Waals surface area contributed by atoms with Crippen molar-refractivity contribution in [3.8, 4) is 78.1 Å². The SMILES string of the molecule is [2H]c1c([2H])c(-n2c3[se]c4c([2H])c(-c5ccccc5)c([2H])c([2H])c4c3c3c([2H])c([2H])c([2H])c([2H])c32)c([2H])c2c1B1c3c(cc(C(C)(C)C)cc3N(c3c(-c4ccccc4)cc(C(C)(C)C)cc3-c3ccccc3)c3c([2H])c(-n4c5[se]c6c([2H])c(-c7ccccc7)c([2H])c([2H])c6c5c5c([2H])c([2H])c([2H])c([2H])c54)c([2H])c([2H])c31)N2c1c(-c2ccccc2)cc(C(C)(C)C)cc1-c1ccccc1. The molecule has 15 aromatic carbocycles. The summed E-state index contributed by atoms with van der Waals surface area (Å²) in [6.07, 6.45) is 0. The predicted octanol–water partition coefficient (Wildman–Crippen LogP) is 26.3. The summed E-state index contributed by atoms with van der Waals surface area (Å²) in [7, 11) is 0. The van der Waals surface area contributed by atoms with Crippen molar-refractivity contribution in [3.63, 3.8) is 0 Å². The van der Waals surface area contributed by atoms with Gasteiger partial charge in [0.1, 0.15) is 0 Å². The summed E-state index contributed by atoms with van der Waals surface area (Å²) in [5.74, 6) is 0. The number of benzene rings is 15. The van der Waals surface area contributed by atoms with Crippen LogP contribution in [0.3, 0.4) is 0 Å². The van der Waals surface area contributed by atoms with Crippen LogP contribution in [0.2, 0.25) is 0 Å². The minimum atomic E-state index is -1.55. The molecule has 2 aliphatic rings. The normalized spacial score (nSPS) is 15.4. The van der Waals surface area contributed by atoms with Crippen molar-refractivity contribution in [2.24, 2.45) is 0 Å². The summed E-state index contributed by atoms with van der Waals surface area (Å²) in [6.45, 7) is 17.5. The van der Waals surface area contributed by atoms with Crippen molar-refractivity contribution < 1.29 is 27.4 Å². The first-order valence-electron chi connectivity index (χ1n) is 48.0. The second kappa shape index (κ2) is 26.4. The van der Waals surface area contributed by atoms with E-state index in [1.165, 1.54) is 9.13 Å². The summed E-state index contributed by atoms with van der Waals surface area (Å²) in [5.41, 5.74) is 8.70. The number of para-hydroxylation sites is 2. The van der Waals surface area contributed by atoms with Crippen LogP contribution >= 0.6 is 0 Å². The van der Waals surface area contributed by atoms with E-state index in [1.807, 2.05) is 143 Å². The number of anilines is 6. The van der Waals surface area contributed by atoms with Gasteiger partial charge in [-0.3, -0.25) is 0 Å². The first-order valence-corrected chi connectivity index (χ1v) is 41.5. The van der Waals surface area contributed by atoms with E-state index in [-0.39, 0.29) is 133 Å². The van der Waals surface area contributed by atoms with Gasteiger partial charge >= 0.3 is 706 Å².